The fourth-order valence-electron chi connectivity index (χ4n) is 2.16. The number of rotatable bonds is 8. The molecule has 0 aliphatic heterocycles. The van der Waals surface area contributed by atoms with Gasteiger partial charge in [-0.15, -0.1) is 0 Å². The summed E-state index contributed by atoms with van der Waals surface area (Å²) in [6.07, 6.45) is 2.36. The molecule has 0 unspecified atom stereocenters. The first kappa shape index (κ1) is 21.8. The van der Waals surface area contributed by atoms with Crippen LogP contribution in [0.5, 0.6) is 11.5 Å². The topological polar surface area (TPSA) is 52.6 Å². The predicted molar refractivity (Wildman–Crippen MR) is 107 cm³/mol. The average molecular weight is 450 g/mol. The maximum absolute atomic E-state index is 11.8. The van der Waals surface area contributed by atoms with E-state index in [0.717, 1.165) is 0 Å². The monoisotopic (exact) mass is 448 g/mol. The van der Waals surface area contributed by atoms with Gasteiger partial charge in [-0.05, 0) is 37.1 Å². The van der Waals surface area contributed by atoms with E-state index in [4.69, 9.17) is 55.9 Å². The van der Waals surface area contributed by atoms with E-state index < -0.39 is 0 Å². The Morgan fingerprint density at radius 2 is 1.04 bits per heavy atom. The van der Waals surface area contributed by atoms with Gasteiger partial charge in [0.05, 0.1) is 20.1 Å². The normalized spacial score (nSPS) is 10.5. The molecule has 0 fully saturated rings. The van der Waals surface area contributed by atoms with Crippen LogP contribution in [0.15, 0.2) is 36.4 Å². The van der Waals surface area contributed by atoms with Gasteiger partial charge in [0.2, 0.25) is 0 Å². The van der Waals surface area contributed by atoms with Crippen molar-refractivity contribution in [3.63, 3.8) is 0 Å². The average Bonchev–Trinajstić information content (AvgIpc) is 2.61. The van der Waals surface area contributed by atoms with Gasteiger partial charge in [0.25, 0.3) is 0 Å². The van der Waals surface area contributed by atoms with E-state index in [0.29, 0.717) is 50.9 Å². The largest absolute Gasteiger partial charge is 0.426 e. The molecule has 0 aromatic heterocycles. The highest BCUT2D eigenvalue weighted by Crippen LogP contribution is 2.27. The number of benzene rings is 2. The zero-order valence-electron chi connectivity index (χ0n) is 14.1. The summed E-state index contributed by atoms with van der Waals surface area (Å²) in [5, 5.41) is 1.43. The summed E-state index contributed by atoms with van der Waals surface area (Å²) in [4.78, 5) is 23.6. The van der Waals surface area contributed by atoms with Crippen LogP contribution in [0, 0.1) is 0 Å². The summed E-state index contributed by atoms with van der Waals surface area (Å²) in [5.74, 6) is -0.0438. The molecule has 0 heterocycles. The third-order valence-corrected chi connectivity index (χ3v) is 4.99. The number of carbonyl (C=O) groups excluding carboxylic acids is 2. The summed E-state index contributed by atoms with van der Waals surface area (Å²) >= 11 is 23.3. The van der Waals surface area contributed by atoms with Gasteiger partial charge in [0.1, 0.15) is 11.5 Å². The van der Waals surface area contributed by atoms with Gasteiger partial charge < -0.3 is 9.47 Å². The van der Waals surface area contributed by atoms with Crippen LogP contribution in [-0.2, 0) is 9.59 Å². The molecular weight excluding hydrogens is 434 g/mol. The molecule has 4 nitrogen and oxygen atoms in total. The van der Waals surface area contributed by atoms with E-state index in [-0.39, 0.29) is 24.8 Å². The highest BCUT2D eigenvalue weighted by atomic mass is 35.5. The lowest BCUT2D eigenvalue weighted by atomic mass is 10.1. The quantitative estimate of drug-likeness (QED) is 0.253. The highest BCUT2D eigenvalue weighted by molar-refractivity contribution is 6.42. The van der Waals surface area contributed by atoms with Gasteiger partial charge >= 0.3 is 11.9 Å². The molecular formula is C19H16Cl4O4. The Morgan fingerprint density at radius 1 is 0.630 bits per heavy atom. The molecule has 0 saturated heterocycles. The molecule has 0 atom stereocenters. The molecule has 0 aliphatic rings. The lowest BCUT2D eigenvalue weighted by Crippen LogP contribution is -2.09. The minimum Gasteiger partial charge on any atom is -0.426 e. The van der Waals surface area contributed by atoms with Crippen molar-refractivity contribution in [2.24, 2.45) is 0 Å². The third-order valence-electron chi connectivity index (χ3n) is 3.51. The molecule has 8 heteroatoms. The molecule has 0 aliphatic carbocycles. The number of hydrogen-bond donors (Lipinski definition) is 0. The molecule has 0 bridgehead atoms. The Kier molecular flexibility index (Phi) is 8.71. The molecule has 0 saturated carbocycles. The highest BCUT2D eigenvalue weighted by Gasteiger charge is 2.09. The Labute approximate surface area is 177 Å². The molecule has 2 aromatic carbocycles. The molecule has 0 N–H and O–H groups in total. The number of unbranched alkanes of at least 4 members (excludes halogenated alkanes) is 2. The summed E-state index contributed by atoms with van der Waals surface area (Å²) in [6.45, 7) is 0. The van der Waals surface area contributed by atoms with Crippen LogP contribution in [0.25, 0.3) is 0 Å². The lowest BCUT2D eigenvalue weighted by Gasteiger charge is -2.06. The first-order valence-corrected chi connectivity index (χ1v) is 9.68. The van der Waals surface area contributed by atoms with E-state index in [1.54, 1.807) is 24.3 Å². The Balaban J connectivity index is 1.63. The Bertz CT molecular complexity index is 756. The van der Waals surface area contributed by atoms with Crippen LogP contribution < -0.4 is 9.47 Å². The SMILES string of the molecule is O=C(CCCCCC(=O)Oc1ccc(Cl)c(Cl)c1)Oc1ccc(Cl)c(Cl)c1. The van der Waals surface area contributed by atoms with E-state index in [1.807, 2.05) is 0 Å². The second-order valence-electron chi connectivity index (χ2n) is 5.66. The summed E-state index contributed by atoms with van der Waals surface area (Å²) in [5.41, 5.74) is 0. The van der Waals surface area contributed by atoms with Crippen molar-refractivity contribution >= 4 is 58.3 Å². The van der Waals surface area contributed by atoms with Crippen molar-refractivity contribution in [1.82, 2.24) is 0 Å². The zero-order chi connectivity index (χ0) is 19.8. The Hall–Kier alpha value is -1.46. The zero-order valence-corrected chi connectivity index (χ0v) is 17.2. The third kappa shape index (κ3) is 7.59. The van der Waals surface area contributed by atoms with Gasteiger partial charge in [-0.2, -0.15) is 0 Å². The molecule has 0 amide bonds. The van der Waals surface area contributed by atoms with Crippen LogP contribution in [-0.4, -0.2) is 11.9 Å². The first-order chi connectivity index (χ1) is 12.8. The van der Waals surface area contributed by atoms with Crippen molar-refractivity contribution < 1.29 is 19.1 Å². The molecule has 2 aromatic rings. The number of halogens is 4. The van der Waals surface area contributed by atoms with Gasteiger partial charge in [0.15, 0.2) is 0 Å². The second kappa shape index (κ2) is 10.8. The van der Waals surface area contributed by atoms with Crippen LogP contribution in [0.4, 0.5) is 0 Å². The van der Waals surface area contributed by atoms with E-state index in [9.17, 15) is 9.59 Å². The maximum Gasteiger partial charge on any atom is 0.311 e. The van der Waals surface area contributed by atoms with E-state index in [1.165, 1.54) is 12.1 Å². The predicted octanol–water partition coefficient (Wildman–Crippen LogP) is 6.76. The number of carbonyl (C=O) groups is 2. The summed E-state index contributed by atoms with van der Waals surface area (Å²) < 4.78 is 10.4. The van der Waals surface area contributed by atoms with Crippen molar-refractivity contribution in [1.29, 1.82) is 0 Å². The van der Waals surface area contributed by atoms with Crippen molar-refractivity contribution in [3.05, 3.63) is 56.5 Å². The number of hydrogen-bond acceptors (Lipinski definition) is 4. The number of esters is 2. The molecule has 0 radical (unpaired) electrons. The van der Waals surface area contributed by atoms with Crippen molar-refractivity contribution in [2.75, 3.05) is 0 Å². The van der Waals surface area contributed by atoms with Gasteiger partial charge in [-0.3, -0.25) is 9.59 Å². The van der Waals surface area contributed by atoms with Gasteiger partial charge in [-0.1, -0.05) is 52.8 Å². The maximum atomic E-state index is 11.8. The molecule has 2 rings (SSSR count). The van der Waals surface area contributed by atoms with E-state index in [2.05, 4.69) is 0 Å². The second-order valence-corrected chi connectivity index (χ2v) is 7.29. The molecule has 27 heavy (non-hydrogen) atoms. The fraction of sp³-hybridized carbons (Fsp3) is 0.263. The molecule has 144 valence electrons. The van der Waals surface area contributed by atoms with Crippen LogP contribution in [0.2, 0.25) is 20.1 Å². The van der Waals surface area contributed by atoms with Gasteiger partial charge in [0, 0.05) is 25.0 Å². The minimum absolute atomic E-state index is 0.238. The van der Waals surface area contributed by atoms with E-state index >= 15 is 0 Å². The van der Waals surface area contributed by atoms with Crippen molar-refractivity contribution in [3.8, 4) is 11.5 Å². The molecule has 0 spiro atoms. The summed E-state index contributed by atoms with van der Waals surface area (Å²) in [7, 11) is 0. The Morgan fingerprint density at radius 3 is 1.41 bits per heavy atom. The summed E-state index contributed by atoms with van der Waals surface area (Å²) in [6, 6.07) is 9.25. The lowest BCUT2D eigenvalue weighted by molar-refractivity contribution is -0.134. The van der Waals surface area contributed by atoms with Crippen LogP contribution in [0.1, 0.15) is 32.1 Å². The first-order valence-electron chi connectivity index (χ1n) is 8.16. The standard InChI is InChI=1S/C19H16Cl4O4/c20-14-8-6-12(10-16(14)22)26-18(24)4-2-1-3-5-19(25)27-13-7-9-15(21)17(23)11-13/h6-11H,1-5H2. The van der Waals surface area contributed by atoms with Crippen LogP contribution >= 0.6 is 46.4 Å². The van der Waals surface area contributed by atoms with Crippen LogP contribution in [0.3, 0.4) is 0 Å². The van der Waals surface area contributed by atoms with Gasteiger partial charge in [-0.25, -0.2) is 0 Å². The smallest absolute Gasteiger partial charge is 0.311 e. The fourth-order valence-corrected chi connectivity index (χ4v) is 2.74. The minimum atomic E-state index is -0.369. The number of ether oxygens (including phenoxy) is 2. The van der Waals surface area contributed by atoms with Crippen molar-refractivity contribution in [2.45, 2.75) is 32.1 Å².